The van der Waals surface area contributed by atoms with E-state index in [1.807, 2.05) is 39.5 Å². The largest absolute Gasteiger partial charge is 0.333 e. The van der Waals surface area contributed by atoms with E-state index in [0.717, 1.165) is 26.2 Å². The molecule has 1 heterocycles. The van der Waals surface area contributed by atoms with Gasteiger partial charge < -0.3 is 15.5 Å². The van der Waals surface area contributed by atoms with Crippen molar-refractivity contribution in [3.63, 3.8) is 0 Å². The zero-order valence-corrected chi connectivity index (χ0v) is 10.7. The van der Waals surface area contributed by atoms with Crippen molar-refractivity contribution in [2.45, 2.75) is 40.2 Å². The maximum atomic E-state index is 11.6. The van der Waals surface area contributed by atoms with Gasteiger partial charge in [0.05, 0.1) is 0 Å². The number of amides is 2. The van der Waals surface area contributed by atoms with Crippen molar-refractivity contribution >= 4 is 6.03 Å². The van der Waals surface area contributed by atoms with Gasteiger partial charge in [0, 0.05) is 31.7 Å². The van der Waals surface area contributed by atoms with Crippen LogP contribution < -0.4 is 10.6 Å². The molecule has 0 aromatic heterocycles. The van der Waals surface area contributed by atoms with Crippen molar-refractivity contribution in [2.75, 3.05) is 26.2 Å². The molecule has 0 spiro atoms. The molecule has 2 N–H and O–H groups in total. The minimum atomic E-state index is -0.137. The van der Waals surface area contributed by atoms with Crippen LogP contribution in [0, 0.1) is 0 Å². The molecule has 0 bridgehead atoms. The highest BCUT2D eigenvalue weighted by Crippen LogP contribution is 2.01. The molecular formula is C11H25N3O. The molecule has 1 aliphatic rings. The highest BCUT2D eigenvalue weighted by atomic mass is 16.2. The number of rotatable bonds is 0. The summed E-state index contributed by atoms with van der Waals surface area (Å²) in [4.78, 5) is 13.4. The van der Waals surface area contributed by atoms with Crippen LogP contribution in [-0.2, 0) is 0 Å². The van der Waals surface area contributed by atoms with Gasteiger partial charge in [-0.3, -0.25) is 0 Å². The lowest BCUT2D eigenvalue weighted by Crippen LogP contribution is -2.54. The number of nitrogens with one attached hydrogen (secondary N) is 2. The van der Waals surface area contributed by atoms with Gasteiger partial charge in [-0.2, -0.15) is 0 Å². The molecule has 0 aromatic carbocycles. The first kappa shape index (κ1) is 14.2. The van der Waals surface area contributed by atoms with Crippen LogP contribution in [0.15, 0.2) is 0 Å². The predicted octanol–water partition coefficient (Wildman–Crippen LogP) is 1.43. The Balaban J connectivity index is 0.000000921. The van der Waals surface area contributed by atoms with E-state index in [-0.39, 0.29) is 11.6 Å². The lowest BCUT2D eigenvalue weighted by atomic mass is 10.1. The van der Waals surface area contributed by atoms with Crippen LogP contribution in [0.4, 0.5) is 4.79 Å². The molecule has 0 aromatic rings. The first-order chi connectivity index (χ1) is 6.99. The zero-order valence-electron chi connectivity index (χ0n) is 10.7. The van der Waals surface area contributed by atoms with Crippen LogP contribution in [-0.4, -0.2) is 42.6 Å². The summed E-state index contributed by atoms with van der Waals surface area (Å²) in [5, 5.41) is 6.16. The molecule has 1 aliphatic heterocycles. The highest BCUT2D eigenvalue weighted by Gasteiger charge is 2.20. The molecule has 1 rings (SSSR count). The van der Waals surface area contributed by atoms with Gasteiger partial charge in [0.25, 0.3) is 0 Å². The maximum absolute atomic E-state index is 11.6. The van der Waals surface area contributed by atoms with Gasteiger partial charge in [0.15, 0.2) is 0 Å². The number of hydrogen-bond donors (Lipinski definition) is 2. The van der Waals surface area contributed by atoms with Gasteiger partial charge in [-0.25, -0.2) is 4.79 Å². The summed E-state index contributed by atoms with van der Waals surface area (Å²) in [6.45, 7) is 13.4. The molecule has 1 saturated heterocycles. The number of hydrogen-bond acceptors (Lipinski definition) is 2. The quantitative estimate of drug-likeness (QED) is 0.642. The van der Waals surface area contributed by atoms with E-state index >= 15 is 0 Å². The van der Waals surface area contributed by atoms with Crippen molar-refractivity contribution in [1.29, 1.82) is 0 Å². The summed E-state index contributed by atoms with van der Waals surface area (Å²) in [6.07, 6.45) is 0. The fourth-order valence-electron chi connectivity index (χ4n) is 1.27. The fourth-order valence-corrected chi connectivity index (χ4v) is 1.27. The minimum absolute atomic E-state index is 0.0500. The molecule has 90 valence electrons. The Morgan fingerprint density at radius 3 is 2.07 bits per heavy atom. The van der Waals surface area contributed by atoms with Crippen LogP contribution >= 0.6 is 0 Å². The number of carbonyl (C=O) groups is 1. The van der Waals surface area contributed by atoms with Crippen LogP contribution in [0.1, 0.15) is 34.6 Å². The molecule has 2 amide bonds. The number of piperazine rings is 1. The van der Waals surface area contributed by atoms with Gasteiger partial charge in [-0.15, -0.1) is 0 Å². The average Bonchev–Trinajstić information content (AvgIpc) is 2.20. The van der Waals surface area contributed by atoms with Crippen molar-refractivity contribution in [1.82, 2.24) is 15.5 Å². The van der Waals surface area contributed by atoms with Gasteiger partial charge in [0.1, 0.15) is 0 Å². The molecular weight excluding hydrogens is 190 g/mol. The molecule has 15 heavy (non-hydrogen) atoms. The third-order valence-corrected chi connectivity index (χ3v) is 1.89. The molecule has 0 unspecified atom stereocenters. The number of urea groups is 1. The highest BCUT2D eigenvalue weighted by molar-refractivity contribution is 5.75. The standard InChI is InChI=1S/C9H19N3O.C2H6/c1-9(2,3)11-8(13)12-6-4-10-5-7-12;1-2/h10H,4-7H2,1-3H3,(H,11,13);1-2H3. The summed E-state index contributed by atoms with van der Waals surface area (Å²) in [5.74, 6) is 0. The Bertz CT molecular complexity index is 181. The monoisotopic (exact) mass is 215 g/mol. The Hall–Kier alpha value is -0.770. The first-order valence-corrected chi connectivity index (χ1v) is 5.77. The van der Waals surface area contributed by atoms with Crippen molar-refractivity contribution < 1.29 is 4.79 Å². The van der Waals surface area contributed by atoms with Crippen molar-refractivity contribution in [3.05, 3.63) is 0 Å². The number of nitrogens with zero attached hydrogens (tertiary/aromatic N) is 1. The summed E-state index contributed by atoms with van der Waals surface area (Å²) < 4.78 is 0. The van der Waals surface area contributed by atoms with E-state index in [1.165, 1.54) is 0 Å². The minimum Gasteiger partial charge on any atom is -0.333 e. The zero-order chi connectivity index (χ0) is 11.9. The Morgan fingerprint density at radius 2 is 1.67 bits per heavy atom. The van der Waals surface area contributed by atoms with Crippen molar-refractivity contribution in [3.8, 4) is 0 Å². The normalized spacial score (nSPS) is 16.5. The SMILES string of the molecule is CC.CC(C)(C)NC(=O)N1CCNCC1. The lowest BCUT2D eigenvalue weighted by Gasteiger charge is -2.31. The van der Waals surface area contributed by atoms with E-state index in [0.29, 0.717) is 0 Å². The topological polar surface area (TPSA) is 44.4 Å². The molecule has 0 saturated carbocycles. The molecule has 0 radical (unpaired) electrons. The summed E-state index contributed by atoms with van der Waals surface area (Å²) in [7, 11) is 0. The second-order valence-electron chi connectivity index (χ2n) is 4.42. The van der Waals surface area contributed by atoms with E-state index in [4.69, 9.17) is 0 Å². The summed E-state index contributed by atoms with van der Waals surface area (Å²) >= 11 is 0. The summed E-state index contributed by atoms with van der Waals surface area (Å²) in [6, 6.07) is 0.0500. The first-order valence-electron chi connectivity index (χ1n) is 5.77. The Kier molecular flexibility index (Phi) is 6.32. The van der Waals surface area contributed by atoms with Crippen molar-refractivity contribution in [2.24, 2.45) is 0 Å². The van der Waals surface area contributed by atoms with Crippen LogP contribution in [0.5, 0.6) is 0 Å². The third-order valence-electron chi connectivity index (χ3n) is 1.89. The number of carbonyl (C=O) groups excluding carboxylic acids is 1. The molecule has 4 nitrogen and oxygen atoms in total. The van der Waals surface area contributed by atoms with E-state index in [9.17, 15) is 4.79 Å². The molecule has 0 aliphatic carbocycles. The lowest BCUT2D eigenvalue weighted by molar-refractivity contribution is 0.181. The average molecular weight is 215 g/mol. The van der Waals surface area contributed by atoms with Gasteiger partial charge in [0.2, 0.25) is 0 Å². The molecule has 4 heteroatoms. The molecule has 1 fully saturated rings. The molecule has 0 atom stereocenters. The van der Waals surface area contributed by atoms with Gasteiger partial charge >= 0.3 is 6.03 Å². The smallest absolute Gasteiger partial charge is 0.317 e. The second kappa shape index (κ2) is 6.67. The van der Waals surface area contributed by atoms with Crippen LogP contribution in [0.2, 0.25) is 0 Å². The predicted molar refractivity (Wildman–Crippen MR) is 64.1 cm³/mol. The third kappa shape index (κ3) is 6.33. The van der Waals surface area contributed by atoms with Gasteiger partial charge in [-0.05, 0) is 20.8 Å². The Morgan fingerprint density at radius 1 is 1.20 bits per heavy atom. The van der Waals surface area contributed by atoms with Crippen LogP contribution in [0.3, 0.4) is 0 Å². The summed E-state index contributed by atoms with van der Waals surface area (Å²) in [5.41, 5.74) is -0.137. The maximum Gasteiger partial charge on any atom is 0.317 e. The Labute approximate surface area is 93.4 Å². The van der Waals surface area contributed by atoms with E-state index in [2.05, 4.69) is 10.6 Å². The fraction of sp³-hybridized carbons (Fsp3) is 0.909. The van der Waals surface area contributed by atoms with E-state index < -0.39 is 0 Å². The van der Waals surface area contributed by atoms with Gasteiger partial charge in [-0.1, -0.05) is 13.8 Å². The second-order valence-corrected chi connectivity index (χ2v) is 4.42. The van der Waals surface area contributed by atoms with Crippen LogP contribution in [0.25, 0.3) is 0 Å². The van der Waals surface area contributed by atoms with E-state index in [1.54, 1.807) is 0 Å².